The zero-order valence-electron chi connectivity index (χ0n) is 21.6. The van der Waals surface area contributed by atoms with Crippen LogP contribution in [0.25, 0.3) is 11.3 Å². The predicted molar refractivity (Wildman–Crippen MR) is 152 cm³/mol. The van der Waals surface area contributed by atoms with Crippen LogP contribution >= 0.6 is 0 Å². The van der Waals surface area contributed by atoms with Crippen molar-refractivity contribution < 1.29 is 18.0 Å². The van der Waals surface area contributed by atoms with Crippen molar-refractivity contribution in [1.82, 2.24) is 10.2 Å². The molecule has 0 aromatic heterocycles. The Bertz CT molecular complexity index is 1470. The maximum absolute atomic E-state index is 13.0. The number of nitrogens with one attached hydrogen (secondary N) is 3. The third kappa shape index (κ3) is 6.39. The Morgan fingerprint density at radius 2 is 1.66 bits per heavy atom. The van der Waals surface area contributed by atoms with Crippen molar-refractivity contribution in [1.29, 1.82) is 0 Å². The molecule has 1 heterocycles. The maximum Gasteiger partial charge on any atom is 0.258 e. The van der Waals surface area contributed by atoms with Crippen LogP contribution in [0, 0.1) is 0 Å². The lowest BCUT2D eigenvalue weighted by Crippen LogP contribution is -2.42. The van der Waals surface area contributed by atoms with E-state index in [2.05, 4.69) is 16.0 Å². The molecule has 2 amide bonds. The van der Waals surface area contributed by atoms with Gasteiger partial charge in [-0.3, -0.25) is 13.9 Å². The molecule has 3 N–H and O–H groups in total. The Hall–Kier alpha value is -4.15. The fourth-order valence-corrected chi connectivity index (χ4v) is 4.99. The molecule has 0 saturated carbocycles. The molecular weight excluding hydrogens is 502 g/mol. The number of benzene rings is 3. The van der Waals surface area contributed by atoms with E-state index in [1.54, 1.807) is 24.3 Å². The Morgan fingerprint density at radius 1 is 0.947 bits per heavy atom. The van der Waals surface area contributed by atoms with Crippen LogP contribution in [0.15, 0.2) is 78.9 Å². The highest BCUT2D eigenvalue weighted by Crippen LogP contribution is 2.37. The van der Waals surface area contributed by atoms with Gasteiger partial charge in [0.1, 0.15) is 6.54 Å². The largest absolute Gasteiger partial charge is 0.354 e. The lowest BCUT2D eigenvalue weighted by molar-refractivity contribution is -0.119. The zero-order chi connectivity index (χ0) is 27.3. The van der Waals surface area contributed by atoms with Crippen LogP contribution in [0.2, 0.25) is 0 Å². The van der Waals surface area contributed by atoms with E-state index < -0.39 is 15.9 Å². The van der Waals surface area contributed by atoms with Crippen molar-refractivity contribution in [2.24, 2.45) is 0 Å². The number of amides is 2. The molecule has 0 atom stereocenters. The van der Waals surface area contributed by atoms with Gasteiger partial charge < -0.3 is 20.9 Å². The molecule has 198 valence electrons. The van der Waals surface area contributed by atoms with Gasteiger partial charge in [-0.2, -0.15) is 0 Å². The third-order valence-electron chi connectivity index (χ3n) is 5.96. The fourth-order valence-electron chi connectivity index (χ4n) is 4.14. The molecule has 9 nitrogen and oxygen atoms in total. The van der Waals surface area contributed by atoms with E-state index in [1.807, 2.05) is 73.6 Å². The summed E-state index contributed by atoms with van der Waals surface area (Å²) in [5.74, 6) is -0.636. The molecule has 0 spiro atoms. The summed E-state index contributed by atoms with van der Waals surface area (Å²) in [6, 6.07) is 23.7. The van der Waals surface area contributed by atoms with E-state index in [0.717, 1.165) is 27.4 Å². The molecule has 0 bridgehead atoms. The van der Waals surface area contributed by atoms with E-state index >= 15 is 0 Å². The van der Waals surface area contributed by atoms with Crippen molar-refractivity contribution >= 4 is 50.2 Å². The van der Waals surface area contributed by atoms with E-state index in [9.17, 15) is 18.0 Å². The number of anilines is 3. The molecule has 10 heteroatoms. The van der Waals surface area contributed by atoms with Crippen LogP contribution < -0.4 is 20.3 Å². The van der Waals surface area contributed by atoms with Crippen molar-refractivity contribution in [2.75, 3.05) is 54.9 Å². The number of hydrogen-bond donors (Lipinski definition) is 3. The molecule has 0 radical (unpaired) electrons. The maximum atomic E-state index is 13.0. The summed E-state index contributed by atoms with van der Waals surface area (Å²) in [5, 5.41) is 9.00. The number of carbonyl (C=O) groups is 2. The Balaban J connectivity index is 1.69. The van der Waals surface area contributed by atoms with Gasteiger partial charge >= 0.3 is 0 Å². The minimum atomic E-state index is -3.76. The molecule has 1 aliphatic heterocycles. The topological polar surface area (TPSA) is 111 Å². The standard InChI is InChI=1S/C28H31N5O4S/c1-32(2)17-16-29-25(34)19-33(38(3,36)37)22-13-9-12-21(18-22)30-27(20-10-5-4-6-11-20)26-23-14-7-8-15-24(23)31-28(26)35/h4-15,18,30H,16-17,19H2,1-3H3,(H,29,34)(H,31,35). The van der Waals surface area contributed by atoms with Crippen molar-refractivity contribution in [2.45, 2.75) is 0 Å². The first kappa shape index (κ1) is 26.9. The Morgan fingerprint density at radius 3 is 2.37 bits per heavy atom. The van der Waals surface area contributed by atoms with Gasteiger partial charge in [0.25, 0.3) is 5.91 Å². The van der Waals surface area contributed by atoms with Gasteiger partial charge in [0.2, 0.25) is 15.9 Å². The first-order valence-electron chi connectivity index (χ1n) is 12.1. The SMILES string of the molecule is CN(C)CCNC(=O)CN(c1cccc(NC(=C2C(=O)Nc3ccccc32)c2ccccc2)c1)S(C)(=O)=O. The second-order valence-corrected chi connectivity index (χ2v) is 11.1. The second kappa shape index (κ2) is 11.5. The molecule has 3 aromatic rings. The first-order chi connectivity index (χ1) is 18.1. The van der Waals surface area contributed by atoms with Gasteiger partial charge in [0.05, 0.1) is 23.2 Å². The van der Waals surface area contributed by atoms with Crippen LogP contribution in [0.4, 0.5) is 17.1 Å². The summed E-state index contributed by atoms with van der Waals surface area (Å²) in [6.45, 7) is 0.693. The van der Waals surface area contributed by atoms with Crippen LogP contribution in [0.3, 0.4) is 0 Å². The number of sulfonamides is 1. The number of para-hydroxylation sites is 1. The lowest BCUT2D eigenvalue weighted by Gasteiger charge is -2.23. The van der Waals surface area contributed by atoms with E-state index in [1.165, 1.54) is 0 Å². The summed E-state index contributed by atoms with van der Waals surface area (Å²) in [6.07, 6.45) is 1.07. The van der Waals surface area contributed by atoms with Crippen LogP contribution in [-0.2, 0) is 19.6 Å². The van der Waals surface area contributed by atoms with Crippen molar-refractivity contribution in [3.05, 3.63) is 90.0 Å². The average molecular weight is 534 g/mol. The fraction of sp³-hybridized carbons (Fsp3) is 0.214. The number of hydrogen-bond acceptors (Lipinski definition) is 6. The average Bonchev–Trinajstić information content (AvgIpc) is 3.21. The molecular formula is C28H31N5O4S. The smallest absolute Gasteiger partial charge is 0.258 e. The lowest BCUT2D eigenvalue weighted by atomic mass is 10.00. The molecule has 0 unspecified atom stereocenters. The minimum Gasteiger partial charge on any atom is -0.354 e. The summed E-state index contributed by atoms with van der Waals surface area (Å²) in [4.78, 5) is 27.5. The predicted octanol–water partition coefficient (Wildman–Crippen LogP) is 3.06. The van der Waals surface area contributed by atoms with E-state index in [0.29, 0.717) is 35.7 Å². The first-order valence-corrected chi connectivity index (χ1v) is 13.9. The molecule has 3 aromatic carbocycles. The van der Waals surface area contributed by atoms with E-state index in [-0.39, 0.29) is 12.5 Å². The number of fused-ring (bicyclic) bond motifs is 1. The zero-order valence-corrected chi connectivity index (χ0v) is 22.4. The monoisotopic (exact) mass is 533 g/mol. The molecule has 4 rings (SSSR count). The van der Waals surface area contributed by atoms with Gasteiger partial charge in [0, 0.05) is 30.0 Å². The molecule has 1 aliphatic rings. The van der Waals surface area contributed by atoms with E-state index in [4.69, 9.17) is 0 Å². The third-order valence-corrected chi connectivity index (χ3v) is 7.10. The van der Waals surface area contributed by atoms with Crippen molar-refractivity contribution in [3.8, 4) is 0 Å². The Labute approximate surface area is 223 Å². The molecule has 0 saturated heterocycles. The molecule has 38 heavy (non-hydrogen) atoms. The summed E-state index contributed by atoms with van der Waals surface area (Å²) in [7, 11) is 0.0203. The van der Waals surface area contributed by atoms with Crippen LogP contribution in [0.1, 0.15) is 11.1 Å². The van der Waals surface area contributed by atoms with Gasteiger partial charge in [-0.05, 0) is 43.9 Å². The normalized spacial score (nSPS) is 14.1. The van der Waals surface area contributed by atoms with Gasteiger partial charge in [-0.15, -0.1) is 0 Å². The van der Waals surface area contributed by atoms with Crippen molar-refractivity contribution in [3.63, 3.8) is 0 Å². The number of likely N-dealkylation sites (N-methyl/N-ethyl adjacent to an activating group) is 1. The minimum absolute atomic E-state index is 0.235. The van der Waals surface area contributed by atoms with Crippen LogP contribution in [-0.4, -0.2) is 65.1 Å². The quantitative estimate of drug-likeness (QED) is 0.346. The number of rotatable bonds is 10. The highest BCUT2D eigenvalue weighted by molar-refractivity contribution is 7.92. The molecule has 0 aliphatic carbocycles. The summed E-state index contributed by atoms with van der Waals surface area (Å²) >= 11 is 0. The summed E-state index contributed by atoms with van der Waals surface area (Å²) in [5.41, 5.74) is 4.24. The Kier molecular flexibility index (Phi) is 8.13. The van der Waals surface area contributed by atoms with Gasteiger partial charge in [-0.25, -0.2) is 8.42 Å². The van der Waals surface area contributed by atoms with Crippen LogP contribution in [0.5, 0.6) is 0 Å². The highest BCUT2D eigenvalue weighted by atomic mass is 32.2. The number of carbonyl (C=O) groups excluding carboxylic acids is 2. The molecule has 0 fully saturated rings. The number of nitrogens with zero attached hydrogens (tertiary/aromatic N) is 2. The second-order valence-electron chi connectivity index (χ2n) is 9.21. The summed E-state index contributed by atoms with van der Waals surface area (Å²) < 4.78 is 26.4. The highest BCUT2D eigenvalue weighted by Gasteiger charge is 2.28. The van der Waals surface area contributed by atoms with Gasteiger partial charge in [-0.1, -0.05) is 54.6 Å². The van der Waals surface area contributed by atoms with Gasteiger partial charge in [0.15, 0.2) is 0 Å².